The van der Waals surface area contributed by atoms with Crippen LogP contribution in [0.2, 0.25) is 0 Å². The first kappa shape index (κ1) is 16.7. The minimum absolute atomic E-state index is 0.167. The Morgan fingerprint density at radius 3 is 2.33 bits per heavy atom. The summed E-state index contributed by atoms with van der Waals surface area (Å²) in [5, 5.41) is 4.13. The first-order chi connectivity index (χ1) is 10.2. The van der Waals surface area contributed by atoms with Crippen LogP contribution >= 0.6 is 0 Å². The Morgan fingerprint density at radius 2 is 1.81 bits per heavy atom. The van der Waals surface area contributed by atoms with Gasteiger partial charge in [-0.05, 0) is 43.9 Å². The number of hydrogen-bond acceptors (Lipinski definition) is 2. The molecule has 3 unspecified atom stereocenters. The summed E-state index contributed by atoms with van der Waals surface area (Å²) in [7, 11) is -0.742. The van der Waals surface area contributed by atoms with E-state index in [2.05, 4.69) is 50.4 Å². The maximum Gasteiger partial charge on any atom is 0.0517 e. The van der Waals surface area contributed by atoms with Crippen molar-refractivity contribution >= 4 is 10.8 Å². The fraction of sp³-hybridized carbons (Fsp3) is 0.667. The zero-order valence-electron chi connectivity index (χ0n) is 13.6. The number of nitrogens with one attached hydrogen (secondary N) is 1. The van der Waals surface area contributed by atoms with Crippen molar-refractivity contribution in [3.63, 3.8) is 0 Å². The molecule has 0 heterocycles. The third-order valence-corrected chi connectivity index (χ3v) is 6.77. The molecular weight excluding hydrogens is 278 g/mol. The van der Waals surface area contributed by atoms with Gasteiger partial charge in [0.25, 0.3) is 0 Å². The summed E-state index contributed by atoms with van der Waals surface area (Å²) in [6.45, 7) is 7.36. The van der Waals surface area contributed by atoms with Crippen LogP contribution in [0, 0.1) is 0 Å². The molecule has 1 fully saturated rings. The molecule has 2 rings (SSSR count). The summed E-state index contributed by atoms with van der Waals surface area (Å²) < 4.78 is 12.8. The van der Waals surface area contributed by atoms with Crippen LogP contribution in [0.1, 0.15) is 63.6 Å². The van der Waals surface area contributed by atoms with Crippen molar-refractivity contribution in [2.45, 2.75) is 69.4 Å². The van der Waals surface area contributed by atoms with E-state index in [1.165, 1.54) is 24.0 Å². The van der Waals surface area contributed by atoms with Crippen LogP contribution in [0.4, 0.5) is 0 Å². The zero-order chi connectivity index (χ0) is 15.2. The number of benzene rings is 1. The van der Waals surface area contributed by atoms with Gasteiger partial charge >= 0.3 is 0 Å². The van der Waals surface area contributed by atoms with Gasteiger partial charge in [0, 0.05) is 22.1 Å². The Balaban J connectivity index is 2.13. The standard InChI is InChI=1S/C18H29NOS/c1-4-15-10-12-16(13-11-15)18(19-5-2)14(3)21(20)17-8-6-7-9-17/h10-14,17-19H,4-9H2,1-3H3. The highest BCUT2D eigenvalue weighted by Crippen LogP contribution is 2.29. The fourth-order valence-corrected chi connectivity index (χ4v) is 5.22. The quantitative estimate of drug-likeness (QED) is 0.825. The molecule has 1 saturated carbocycles. The average Bonchev–Trinajstić information content (AvgIpc) is 3.06. The van der Waals surface area contributed by atoms with Gasteiger partial charge in [-0.25, -0.2) is 0 Å². The molecule has 1 aliphatic carbocycles. The van der Waals surface area contributed by atoms with Crippen molar-refractivity contribution < 1.29 is 4.21 Å². The molecule has 0 bridgehead atoms. The van der Waals surface area contributed by atoms with E-state index in [0.29, 0.717) is 5.25 Å². The molecule has 0 amide bonds. The summed E-state index contributed by atoms with van der Waals surface area (Å²) in [5.41, 5.74) is 2.63. The maximum absolute atomic E-state index is 12.8. The van der Waals surface area contributed by atoms with Gasteiger partial charge in [-0.2, -0.15) is 0 Å². The van der Waals surface area contributed by atoms with Gasteiger partial charge in [-0.15, -0.1) is 0 Å². The molecule has 0 saturated heterocycles. The molecule has 118 valence electrons. The fourth-order valence-electron chi connectivity index (χ4n) is 3.29. The topological polar surface area (TPSA) is 29.1 Å². The van der Waals surface area contributed by atoms with Crippen LogP contribution in [0.25, 0.3) is 0 Å². The Bertz CT molecular complexity index is 451. The Morgan fingerprint density at radius 1 is 1.19 bits per heavy atom. The summed E-state index contributed by atoms with van der Waals surface area (Å²) in [6.07, 6.45) is 5.85. The molecule has 0 aromatic heterocycles. The monoisotopic (exact) mass is 307 g/mol. The first-order valence-electron chi connectivity index (χ1n) is 8.39. The van der Waals surface area contributed by atoms with Crippen LogP contribution in [-0.4, -0.2) is 21.3 Å². The van der Waals surface area contributed by atoms with Crippen molar-refractivity contribution in [3.05, 3.63) is 35.4 Å². The highest BCUT2D eigenvalue weighted by Gasteiger charge is 2.30. The number of aryl methyl sites for hydroxylation is 1. The van der Waals surface area contributed by atoms with Gasteiger partial charge in [0.2, 0.25) is 0 Å². The second-order valence-corrected chi connectivity index (χ2v) is 8.14. The summed E-state index contributed by atoms with van der Waals surface area (Å²) in [5.74, 6) is 0. The van der Waals surface area contributed by atoms with Crippen molar-refractivity contribution in [1.82, 2.24) is 5.32 Å². The zero-order valence-corrected chi connectivity index (χ0v) is 14.4. The molecule has 0 radical (unpaired) electrons. The SMILES string of the molecule is CCNC(c1ccc(CC)cc1)C(C)S(=O)C1CCCC1. The van der Waals surface area contributed by atoms with Crippen LogP contribution in [0.3, 0.4) is 0 Å². The van der Waals surface area contributed by atoms with E-state index in [4.69, 9.17) is 0 Å². The largest absolute Gasteiger partial charge is 0.309 e. The Kier molecular flexibility index (Phi) is 6.43. The van der Waals surface area contributed by atoms with E-state index in [9.17, 15) is 4.21 Å². The highest BCUT2D eigenvalue weighted by molar-refractivity contribution is 7.86. The van der Waals surface area contributed by atoms with E-state index in [-0.39, 0.29) is 11.3 Å². The van der Waals surface area contributed by atoms with Gasteiger partial charge in [0.15, 0.2) is 0 Å². The average molecular weight is 308 g/mol. The molecule has 0 aliphatic heterocycles. The molecule has 1 aromatic rings. The third-order valence-electron chi connectivity index (χ3n) is 4.64. The lowest BCUT2D eigenvalue weighted by Gasteiger charge is -2.27. The lowest BCUT2D eigenvalue weighted by atomic mass is 10.0. The van der Waals surface area contributed by atoms with Crippen LogP contribution in [-0.2, 0) is 17.2 Å². The maximum atomic E-state index is 12.8. The first-order valence-corrected chi connectivity index (χ1v) is 9.66. The summed E-state index contributed by atoms with van der Waals surface area (Å²) in [4.78, 5) is 0. The minimum Gasteiger partial charge on any atom is -0.309 e. The van der Waals surface area contributed by atoms with Gasteiger partial charge in [-0.3, -0.25) is 4.21 Å². The second-order valence-electron chi connectivity index (χ2n) is 6.07. The second kappa shape index (κ2) is 8.09. The number of rotatable bonds is 7. The van der Waals surface area contributed by atoms with Gasteiger partial charge < -0.3 is 5.32 Å². The molecule has 1 aliphatic rings. The lowest BCUT2D eigenvalue weighted by Crippen LogP contribution is -2.36. The van der Waals surface area contributed by atoms with Gasteiger partial charge in [0.1, 0.15) is 0 Å². The van der Waals surface area contributed by atoms with Crippen molar-refractivity contribution in [2.24, 2.45) is 0 Å². The molecule has 2 nitrogen and oxygen atoms in total. The van der Waals surface area contributed by atoms with Crippen LogP contribution < -0.4 is 5.32 Å². The third kappa shape index (κ3) is 4.17. The predicted molar refractivity (Wildman–Crippen MR) is 92.1 cm³/mol. The summed E-state index contributed by atoms with van der Waals surface area (Å²) >= 11 is 0. The predicted octanol–water partition coefficient (Wildman–Crippen LogP) is 3.98. The van der Waals surface area contributed by atoms with Gasteiger partial charge in [-0.1, -0.05) is 51.0 Å². The van der Waals surface area contributed by atoms with E-state index < -0.39 is 10.8 Å². The van der Waals surface area contributed by atoms with Gasteiger partial charge in [0.05, 0.1) is 5.25 Å². The highest BCUT2D eigenvalue weighted by atomic mass is 32.2. The molecular formula is C18H29NOS. The van der Waals surface area contributed by atoms with Crippen LogP contribution in [0.15, 0.2) is 24.3 Å². The lowest BCUT2D eigenvalue weighted by molar-refractivity contribution is 0.532. The van der Waals surface area contributed by atoms with Crippen molar-refractivity contribution in [2.75, 3.05) is 6.54 Å². The molecule has 0 spiro atoms. The van der Waals surface area contributed by atoms with Crippen LogP contribution in [0.5, 0.6) is 0 Å². The molecule has 1 N–H and O–H groups in total. The van der Waals surface area contributed by atoms with Crippen molar-refractivity contribution in [3.8, 4) is 0 Å². The minimum atomic E-state index is -0.742. The number of hydrogen-bond donors (Lipinski definition) is 1. The Hall–Kier alpha value is -0.670. The smallest absolute Gasteiger partial charge is 0.0517 e. The molecule has 3 atom stereocenters. The van der Waals surface area contributed by atoms with E-state index >= 15 is 0 Å². The van der Waals surface area contributed by atoms with E-state index in [1.807, 2.05) is 0 Å². The molecule has 21 heavy (non-hydrogen) atoms. The summed E-state index contributed by atoms with van der Waals surface area (Å²) in [6, 6.07) is 9.00. The molecule has 1 aromatic carbocycles. The van der Waals surface area contributed by atoms with E-state index in [1.54, 1.807) is 0 Å². The Labute approximate surface area is 132 Å². The van der Waals surface area contributed by atoms with Crippen molar-refractivity contribution in [1.29, 1.82) is 0 Å². The normalized spacial score (nSPS) is 20.3. The molecule has 3 heteroatoms. The van der Waals surface area contributed by atoms with E-state index in [0.717, 1.165) is 25.8 Å².